The number of rotatable bonds is 10. The number of hydrogen-bond donors (Lipinski definition) is 2. The monoisotopic (exact) mass is 496 g/mol. The second kappa shape index (κ2) is 12.3. The van der Waals surface area contributed by atoms with Gasteiger partial charge in [-0.05, 0) is 29.3 Å². The summed E-state index contributed by atoms with van der Waals surface area (Å²) in [6.07, 6.45) is 0. The Kier molecular flexibility index (Phi) is 8.39. The Labute approximate surface area is 216 Å². The van der Waals surface area contributed by atoms with Crippen molar-refractivity contribution in [2.24, 2.45) is 0 Å². The topological polar surface area (TPSA) is 85.9 Å². The fourth-order valence-corrected chi connectivity index (χ4v) is 3.65. The van der Waals surface area contributed by atoms with Crippen molar-refractivity contribution in [3.63, 3.8) is 0 Å². The third kappa shape index (κ3) is 7.11. The first-order valence-corrected chi connectivity index (χ1v) is 11.8. The van der Waals surface area contributed by atoms with Crippen LogP contribution in [-0.4, -0.2) is 18.9 Å². The Morgan fingerprint density at radius 3 is 1.97 bits per heavy atom. The molecule has 2 amide bonds. The van der Waals surface area contributed by atoms with Crippen molar-refractivity contribution in [3.05, 3.63) is 114 Å². The smallest absolute Gasteiger partial charge is 0.257 e. The summed E-state index contributed by atoms with van der Waals surface area (Å²) in [5.74, 6) is 0.658. The van der Waals surface area contributed by atoms with Gasteiger partial charge in [-0.2, -0.15) is 0 Å². The molecule has 0 aromatic heterocycles. The molecule has 0 aliphatic rings. The number of ether oxygens (including phenoxy) is 3. The van der Waals surface area contributed by atoms with E-state index in [9.17, 15) is 9.59 Å². The Balaban J connectivity index is 1.52. The number of carbonyl (C=O) groups is 2. The first kappa shape index (κ1) is 25.3. The summed E-state index contributed by atoms with van der Waals surface area (Å²) in [6, 6.07) is 29.8. The number of methoxy groups -OCH3 is 1. The van der Waals surface area contributed by atoms with Gasteiger partial charge >= 0.3 is 0 Å². The van der Waals surface area contributed by atoms with Crippen LogP contribution < -0.4 is 24.8 Å². The molecule has 0 atom stereocenters. The Hall–Kier alpha value is -4.78. The van der Waals surface area contributed by atoms with Crippen molar-refractivity contribution >= 4 is 23.2 Å². The van der Waals surface area contributed by atoms with Crippen molar-refractivity contribution in [3.8, 4) is 17.2 Å². The van der Waals surface area contributed by atoms with E-state index in [2.05, 4.69) is 10.6 Å². The summed E-state index contributed by atoms with van der Waals surface area (Å²) in [6.45, 7) is 2.09. The van der Waals surface area contributed by atoms with Crippen LogP contribution in [0.1, 0.15) is 28.4 Å². The lowest BCUT2D eigenvalue weighted by atomic mass is 10.1. The van der Waals surface area contributed by atoms with Gasteiger partial charge < -0.3 is 24.8 Å². The fraction of sp³-hybridized carbons (Fsp3) is 0.133. The van der Waals surface area contributed by atoms with Gasteiger partial charge in [-0.1, -0.05) is 66.7 Å². The van der Waals surface area contributed by atoms with Crippen LogP contribution in [0, 0.1) is 0 Å². The molecule has 37 heavy (non-hydrogen) atoms. The lowest BCUT2D eigenvalue weighted by Crippen LogP contribution is -2.17. The first-order valence-electron chi connectivity index (χ1n) is 11.8. The van der Waals surface area contributed by atoms with Gasteiger partial charge in [-0.3, -0.25) is 9.59 Å². The summed E-state index contributed by atoms with van der Waals surface area (Å²) in [5, 5.41) is 5.59. The quantitative estimate of drug-likeness (QED) is 0.279. The van der Waals surface area contributed by atoms with E-state index in [4.69, 9.17) is 14.2 Å². The predicted molar refractivity (Wildman–Crippen MR) is 143 cm³/mol. The molecular weight excluding hydrogens is 468 g/mol. The molecule has 0 radical (unpaired) electrons. The van der Waals surface area contributed by atoms with Gasteiger partial charge in [0, 0.05) is 24.7 Å². The Morgan fingerprint density at radius 1 is 0.703 bits per heavy atom. The summed E-state index contributed by atoms with van der Waals surface area (Å²) in [4.78, 5) is 25.2. The van der Waals surface area contributed by atoms with Crippen LogP contribution in [0.4, 0.5) is 11.4 Å². The maximum atomic E-state index is 13.3. The predicted octanol–water partition coefficient (Wildman–Crippen LogP) is 6.06. The summed E-state index contributed by atoms with van der Waals surface area (Å²) in [7, 11) is 1.50. The van der Waals surface area contributed by atoms with E-state index in [0.717, 1.165) is 11.1 Å². The highest BCUT2D eigenvalue weighted by molar-refractivity contribution is 6.10. The first-order chi connectivity index (χ1) is 18.0. The van der Waals surface area contributed by atoms with Gasteiger partial charge in [0.2, 0.25) is 5.91 Å². The van der Waals surface area contributed by atoms with E-state index in [-0.39, 0.29) is 11.5 Å². The molecule has 0 fully saturated rings. The summed E-state index contributed by atoms with van der Waals surface area (Å²) >= 11 is 0. The molecule has 0 bridgehead atoms. The number of amides is 2. The van der Waals surface area contributed by atoms with Crippen LogP contribution in [-0.2, 0) is 18.0 Å². The van der Waals surface area contributed by atoms with E-state index in [1.807, 2.05) is 66.7 Å². The zero-order valence-electron chi connectivity index (χ0n) is 20.7. The van der Waals surface area contributed by atoms with Gasteiger partial charge in [0.05, 0.1) is 18.4 Å². The molecule has 4 aromatic rings. The molecule has 0 spiro atoms. The molecule has 0 saturated heterocycles. The van der Waals surface area contributed by atoms with E-state index in [1.54, 1.807) is 30.3 Å². The van der Waals surface area contributed by atoms with E-state index in [0.29, 0.717) is 41.8 Å². The molecule has 0 saturated carbocycles. The molecule has 0 aliphatic carbocycles. The van der Waals surface area contributed by atoms with Crippen LogP contribution in [0.15, 0.2) is 97.1 Å². The minimum absolute atomic E-state index is 0.231. The summed E-state index contributed by atoms with van der Waals surface area (Å²) in [5.41, 5.74) is 3.10. The van der Waals surface area contributed by atoms with E-state index >= 15 is 0 Å². The number of hydrogen-bond acceptors (Lipinski definition) is 5. The van der Waals surface area contributed by atoms with Crippen LogP contribution in [0.5, 0.6) is 17.2 Å². The van der Waals surface area contributed by atoms with Gasteiger partial charge in [-0.15, -0.1) is 0 Å². The van der Waals surface area contributed by atoms with Crippen molar-refractivity contribution in [2.75, 3.05) is 17.7 Å². The molecule has 4 aromatic carbocycles. The molecule has 188 valence electrons. The minimum Gasteiger partial charge on any atom is -0.493 e. The van der Waals surface area contributed by atoms with E-state index < -0.39 is 5.91 Å². The number of benzene rings is 4. The van der Waals surface area contributed by atoms with Crippen molar-refractivity contribution in [1.29, 1.82) is 0 Å². The Morgan fingerprint density at radius 2 is 1.35 bits per heavy atom. The molecule has 4 rings (SSSR count). The highest BCUT2D eigenvalue weighted by Crippen LogP contribution is 2.35. The molecular formula is C30H28N2O5. The van der Waals surface area contributed by atoms with Gasteiger partial charge in [0.25, 0.3) is 5.91 Å². The fourth-order valence-electron chi connectivity index (χ4n) is 3.65. The lowest BCUT2D eigenvalue weighted by molar-refractivity contribution is -0.114. The van der Waals surface area contributed by atoms with Crippen LogP contribution >= 0.6 is 0 Å². The number of nitrogens with one attached hydrogen (secondary N) is 2. The molecule has 7 nitrogen and oxygen atoms in total. The maximum Gasteiger partial charge on any atom is 0.257 e. The summed E-state index contributed by atoms with van der Waals surface area (Å²) < 4.78 is 17.3. The largest absolute Gasteiger partial charge is 0.493 e. The lowest BCUT2D eigenvalue weighted by Gasteiger charge is -2.17. The van der Waals surface area contributed by atoms with Gasteiger partial charge in [-0.25, -0.2) is 0 Å². The number of carbonyl (C=O) groups excluding carboxylic acids is 2. The average Bonchev–Trinajstić information content (AvgIpc) is 2.92. The average molecular weight is 497 g/mol. The Bertz CT molecular complexity index is 1360. The van der Waals surface area contributed by atoms with E-state index in [1.165, 1.54) is 14.0 Å². The molecule has 7 heteroatoms. The van der Waals surface area contributed by atoms with Crippen molar-refractivity contribution in [2.45, 2.75) is 20.1 Å². The van der Waals surface area contributed by atoms with Gasteiger partial charge in [0.15, 0.2) is 11.5 Å². The zero-order valence-corrected chi connectivity index (χ0v) is 20.7. The van der Waals surface area contributed by atoms with Crippen LogP contribution in [0.25, 0.3) is 0 Å². The molecule has 0 heterocycles. The molecule has 0 unspecified atom stereocenters. The van der Waals surface area contributed by atoms with Crippen LogP contribution in [0.3, 0.4) is 0 Å². The minimum atomic E-state index is -0.420. The molecule has 2 N–H and O–H groups in total. The van der Waals surface area contributed by atoms with Gasteiger partial charge in [0.1, 0.15) is 19.0 Å². The molecule has 0 aliphatic heterocycles. The standard InChI is InChI=1S/C30H28N2O5/c1-21(33)31-27-18-29(37-20-23-12-7-4-8-13-23)28(35-2)17-26(27)30(34)32-24-14-9-15-25(16-24)36-19-22-10-5-3-6-11-22/h3-18H,19-20H2,1-2H3,(H,31,33)(H,32,34). The normalized spacial score (nSPS) is 10.3. The number of anilines is 2. The SMILES string of the molecule is COc1cc(C(=O)Nc2cccc(OCc3ccccc3)c2)c(NC(C)=O)cc1OCc1ccccc1. The second-order valence-corrected chi connectivity index (χ2v) is 8.26. The van der Waals surface area contributed by atoms with Crippen LogP contribution in [0.2, 0.25) is 0 Å². The van der Waals surface area contributed by atoms with Crippen molar-refractivity contribution in [1.82, 2.24) is 0 Å². The van der Waals surface area contributed by atoms with Crippen molar-refractivity contribution < 1.29 is 23.8 Å². The zero-order chi connectivity index (χ0) is 26.0. The second-order valence-electron chi connectivity index (χ2n) is 8.26. The highest BCUT2D eigenvalue weighted by atomic mass is 16.5. The third-order valence-corrected chi connectivity index (χ3v) is 5.44. The third-order valence-electron chi connectivity index (χ3n) is 5.44. The maximum absolute atomic E-state index is 13.3. The highest BCUT2D eigenvalue weighted by Gasteiger charge is 2.19.